The number of carbonyl (C=O) groups is 2. The lowest BCUT2D eigenvalue weighted by Crippen LogP contribution is -2.67. The summed E-state index contributed by atoms with van der Waals surface area (Å²) in [4.78, 5) is 32.2. The van der Waals surface area contributed by atoms with E-state index in [0.29, 0.717) is 51.0 Å². The van der Waals surface area contributed by atoms with Gasteiger partial charge in [-0.2, -0.15) is 13.2 Å². The van der Waals surface area contributed by atoms with Crippen LogP contribution in [0.15, 0.2) is 42.5 Å². The average Bonchev–Trinajstić information content (AvgIpc) is 3.23. The largest absolute Gasteiger partial charge is 0.471 e. The second kappa shape index (κ2) is 8.73. The Bertz CT molecular complexity index is 1530. The number of halogens is 4. The second-order valence-corrected chi connectivity index (χ2v) is 12.1. The van der Waals surface area contributed by atoms with Crippen molar-refractivity contribution < 1.29 is 31.2 Å². The molecule has 8 nitrogen and oxygen atoms in total. The molecular formula is C24H22ClF3N4O4S. The van der Waals surface area contributed by atoms with Crippen LogP contribution >= 0.6 is 11.6 Å². The molecule has 0 saturated carbocycles. The minimum Gasteiger partial charge on any atom is -0.332 e. The number of fused-ring (bicyclic) bond motifs is 3. The van der Waals surface area contributed by atoms with Crippen molar-refractivity contribution in [3.05, 3.63) is 58.9 Å². The summed E-state index contributed by atoms with van der Waals surface area (Å²) in [5.41, 5.74) is 1.14. The third-order valence-electron chi connectivity index (χ3n) is 6.80. The number of imidazole rings is 1. The molecule has 3 aromatic rings. The fourth-order valence-corrected chi connectivity index (χ4v) is 5.96. The van der Waals surface area contributed by atoms with Crippen molar-refractivity contribution in [3.8, 4) is 0 Å². The minimum atomic E-state index is -5.01. The fourth-order valence-electron chi connectivity index (χ4n) is 5.14. The fraction of sp³-hybridized carbons (Fsp3) is 0.375. The standard InChI is InChI=1S/C24H22ClF3N4O4S/c1-37(35,36)10-4-9-31-19-8-7-15(25)11-17(19)29-20(31)12-32-18-6-3-2-5-16(18)23(21(32)33)13-30(14-23)22(34)24(26,27)28/h2-3,5-8,11H,4,9-10,12-14H2,1H3. The predicted molar refractivity (Wildman–Crippen MR) is 131 cm³/mol. The molecule has 3 heterocycles. The maximum atomic E-state index is 13.7. The summed E-state index contributed by atoms with van der Waals surface area (Å²) in [5.74, 6) is -1.93. The monoisotopic (exact) mass is 554 g/mol. The van der Waals surface area contributed by atoms with E-state index in [0.717, 1.165) is 6.26 Å². The smallest absolute Gasteiger partial charge is 0.332 e. The number of alkyl halides is 3. The highest BCUT2D eigenvalue weighted by molar-refractivity contribution is 7.90. The number of sulfone groups is 1. The number of nitrogens with zero attached hydrogens (tertiary/aromatic N) is 4. The number of hydrogen-bond acceptors (Lipinski definition) is 5. The summed E-state index contributed by atoms with van der Waals surface area (Å²) < 4.78 is 64.0. The van der Waals surface area contributed by atoms with Gasteiger partial charge in [-0.3, -0.25) is 9.59 Å². The van der Waals surface area contributed by atoms with Gasteiger partial charge in [0.1, 0.15) is 21.1 Å². The Morgan fingerprint density at radius 2 is 1.86 bits per heavy atom. The van der Waals surface area contributed by atoms with Crippen molar-refractivity contribution in [2.45, 2.75) is 31.1 Å². The third kappa shape index (κ3) is 4.46. The Morgan fingerprint density at radius 1 is 1.16 bits per heavy atom. The number of amides is 2. The van der Waals surface area contributed by atoms with Crippen LogP contribution in [-0.2, 0) is 37.9 Å². The first kappa shape index (κ1) is 25.5. The Balaban J connectivity index is 1.48. The van der Waals surface area contributed by atoms with Gasteiger partial charge < -0.3 is 14.4 Å². The first-order valence-electron chi connectivity index (χ1n) is 11.4. The topological polar surface area (TPSA) is 92.6 Å². The van der Waals surface area contributed by atoms with Crippen molar-refractivity contribution in [1.82, 2.24) is 14.5 Å². The van der Waals surface area contributed by atoms with Gasteiger partial charge in [0.05, 0.1) is 23.3 Å². The molecule has 1 fully saturated rings. The quantitative estimate of drug-likeness (QED) is 0.466. The summed E-state index contributed by atoms with van der Waals surface area (Å²) >= 11 is 6.13. The summed E-state index contributed by atoms with van der Waals surface area (Å²) in [6.45, 7) is -0.393. The van der Waals surface area contributed by atoms with Gasteiger partial charge >= 0.3 is 12.1 Å². The maximum Gasteiger partial charge on any atom is 0.471 e. The maximum absolute atomic E-state index is 13.7. The molecule has 2 aliphatic heterocycles. The van der Waals surface area contributed by atoms with E-state index in [1.165, 1.54) is 4.90 Å². The summed E-state index contributed by atoms with van der Waals surface area (Å²) in [7, 11) is -3.19. The number of likely N-dealkylation sites (tertiary alicyclic amines) is 1. The van der Waals surface area contributed by atoms with Crippen molar-refractivity contribution >= 4 is 50.0 Å². The first-order valence-corrected chi connectivity index (χ1v) is 13.8. The Labute approximate surface area is 215 Å². The van der Waals surface area contributed by atoms with E-state index < -0.39 is 33.2 Å². The van der Waals surface area contributed by atoms with E-state index in [-0.39, 0.29) is 25.4 Å². The molecule has 1 aromatic heterocycles. The van der Waals surface area contributed by atoms with Crippen LogP contribution in [0, 0.1) is 0 Å². The minimum absolute atomic E-state index is 0.00991. The van der Waals surface area contributed by atoms with Gasteiger partial charge in [-0.05, 0) is 36.2 Å². The molecule has 37 heavy (non-hydrogen) atoms. The number of carbonyl (C=O) groups excluding carboxylic acids is 2. The molecular weight excluding hydrogens is 533 g/mol. The molecule has 2 amide bonds. The molecule has 0 radical (unpaired) electrons. The number of benzene rings is 2. The summed E-state index contributed by atoms with van der Waals surface area (Å²) in [6.07, 6.45) is -3.53. The lowest BCUT2D eigenvalue weighted by atomic mass is 9.74. The SMILES string of the molecule is CS(=O)(=O)CCCn1c(CN2C(=O)C3(CN(C(=O)C(F)(F)F)C3)c3ccccc32)nc2cc(Cl)ccc21. The van der Waals surface area contributed by atoms with Gasteiger partial charge in [0.2, 0.25) is 5.91 Å². The van der Waals surface area contributed by atoms with E-state index in [1.807, 2.05) is 4.57 Å². The summed E-state index contributed by atoms with van der Waals surface area (Å²) in [6, 6.07) is 12.0. The number of rotatable bonds is 6. The Kier molecular flexibility index (Phi) is 6.02. The summed E-state index contributed by atoms with van der Waals surface area (Å²) in [5, 5.41) is 0.463. The van der Waals surface area contributed by atoms with Crippen molar-refractivity contribution in [2.75, 3.05) is 30.0 Å². The number of hydrogen-bond donors (Lipinski definition) is 0. The lowest BCUT2D eigenvalue weighted by Gasteiger charge is -2.46. The van der Waals surface area contributed by atoms with Crippen molar-refractivity contribution in [1.29, 1.82) is 0 Å². The lowest BCUT2D eigenvalue weighted by molar-refractivity contribution is -0.193. The van der Waals surface area contributed by atoms with Crippen LogP contribution in [0.25, 0.3) is 11.0 Å². The highest BCUT2D eigenvalue weighted by Crippen LogP contribution is 2.48. The molecule has 0 unspecified atom stereocenters. The van der Waals surface area contributed by atoms with Crippen LogP contribution in [-0.4, -0.2) is 66.0 Å². The van der Waals surface area contributed by atoms with Crippen molar-refractivity contribution in [3.63, 3.8) is 0 Å². The van der Waals surface area contributed by atoms with E-state index in [1.54, 1.807) is 42.5 Å². The number of para-hydroxylation sites is 1. The van der Waals surface area contributed by atoms with E-state index >= 15 is 0 Å². The van der Waals surface area contributed by atoms with Crippen LogP contribution in [0.5, 0.6) is 0 Å². The Morgan fingerprint density at radius 3 is 2.54 bits per heavy atom. The molecule has 2 aliphatic rings. The molecule has 0 bridgehead atoms. The predicted octanol–water partition coefficient (Wildman–Crippen LogP) is 3.31. The molecule has 13 heteroatoms. The number of anilines is 1. The van der Waals surface area contributed by atoms with E-state index in [9.17, 15) is 31.2 Å². The van der Waals surface area contributed by atoms with Crippen LogP contribution < -0.4 is 4.90 Å². The molecule has 0 atom stereocenters. The van der Waals surface area contributed by atoms with E-state index in [2.05, 4.69) is 4.98 Å². The second-order valence-electron chi connectivity index (χ2n) is 9.45. The van der Waals surface area contributed by atoms with Gasteiger partial charge in [-0.1, -0.05) is 29.8 Å². The van der Waals surface area contributed by atoms with Gasteiger partial charge in [-0.15, -0.1) is 0 Å². The van der Waals surface area contributed by atoms with Gasteiger partial charge in [0, 0.05) is 36.6 Å². The van der Waals surface area contributed by atoms with Gasteiger partial charge in [0.15, 0.2) is 0 Å². The van der Waals surface area contributed by atoms with Gasteiger partial charge in [0.25, 0.3) is 0 Å². The molecule has 1 spiro atoms. The number of aromatic nitrogens is 2. The van der Waals surface area contributed by atoms with E-state index in [4.69, 9.17) is 11.6 Å². The third-order valence-corrected chi connectivity index (χ3v) is 8.07. The highest BCUT2D eigenvalue weighted by atomic mass is 35.5. The van der Waals surface area contributed by atoms with Crippen molar-refractivity contribution in [2.24, 2.45) is 0 Å². The number of aryl methyl sites for hydroxylation is 1. The molecule has 196 valence electrons. The normalized spacial score (nSPS) is 16.9. The zero-order valence-electron chi connectivity index (χ0n) is 19.6. The molecule has 1 saturated heterocycles. The van der Waals surface area contributed by atoms with Crippen LogP contribution in [0.2, 0.25) is 5.02 Å². The highest BCUT2D eigenvalue weighted by Gasteiger charge is 2.61. The molecule has 0 aliphatic carbocycles. The van der Waals surface area contributed by atoms with Crippen LogP contribution in [0.3, 0.4) is 0 Å². The average molecular weight is 555 g/mol. The van der Waals surface area contributed by atoms with Gasteiger partial charge in [-0.25, -0.2) is 13.4 Å². The zero-order chi connectivity index (χ0) is 26.8. The van der Waals surface area contributed by atoms with Crippen LogP contribution in [0.1, 0.15) is 17.8 Å². The van der Waals surface area contributed by atoms with Crippen LogP contribution in [0.4, 0.5) is 18.9 Å². The molecule has 0 N–H and O–H groups in total. The molecule has 5 rings (SSSR count). The Hall–Kier alpha value is -3.12. The zero-order valence-corrected chi connectivity index (χ0v) is 21.2. The molecule has 2 aromatic carbocycles. The first-order chi connectivity index (χ1) is 17.3.